The number of nitrogens with zero attached hydrogens (tertiary/aromatic N) is 2. The van der Waals surface area contributed by atoms with E-state index in [9.17, 15) is 20.2 Å². The van der Waals surface area contributed by atoms with Gasteiger partial charge in [0.1, 0.15) is 5.41 Å². The predicted octanol–water partition coefficient (Wildman–Crippen LogP) is 3.18. The lowest BCUT2D eigenvalue weighted by Crippen LogP contribution is -2.33. The fourth-order valence-corrected chi connectivity index (χ4v) is 2.67. The average Bonchev–Trinajstić information content (AvgIpc) is 2.47. The van der Waals surface area contributed by atoms with Crippen LogP contribution >= 0.6 is 0 Å². The standard InChI is InChI=1S/C15H16N2O3/c16-11-15(9-2-1-3-14(15)18)10-8-12-4-6-13(7-5-12)17(19)20/h4-7H,1-3,8-10H2. The van der Waals surface area contributed by atoms with Crippen LogP contribution < -0.4 is 0 Å². The number of nitro benzene ring substituents is 1. The van der Waals surface area contributed by atoms with Crippen LogP contribution in [-0.4, -0.2) is 10.7 Å². The van der Waals surface area contributed by atoms with Crippen LogP contribution in [0.25, 0.3) is 0 Å². The molecule has 0 spiro atoms. The minimum absolute atomic E-state index is 0.0492. The summed E-state index contributed by atoms with van der Waals surface area (Å²) in [5.41, 5.74) is 0.126. The van der Waals surface area contributed by atoms with Crippen molar-refractivity contribution in [2.24, 2.45) is 5.41 Å². The van der Waals surface area contributed by atoms with Crippen molar-refractivity contribution in [3.63, 3.8) is 0 Å². The molecule has 1 atom stereocenters. The first kappa shape index (κ1) is 14.2. The number of hydrogen-bond donors (Lipinski definition) is 0. The highest BCUT2D eigenvalue weighted by molar-refractivity contribution is 5.88. The van der Waals surface area contributed by atoms with Gasteiger partial charge in [-0.3, -0.25) is 14.9 Å². The highest BCUT2D eigenvalue weighted by Crippen LogP contribution is 2.36. The Kier molecular flexibility index (Phi) is 4.14. The van der Waals surface area contributed by atoms with Crippen molar-refractivity contribution in [2.45, 2.75) is 38.5 Å². The van der Waals surface area contributed by atoms with Crippen LogP contribution in [0.3, 0.4) is 0 Å². The molecule has 2 rings (SSSR count). The molecule has 0 amide bonds. The van der Waals surface area contributed by atoms with Gasteiger partial charge in [0.05, 0.1) is 11.0 Å². The van der Waals surface area contributed by atoms with Gasteiger partial charge in [-0.2, -0.15) is 5.26 Å². The van der Waals surface area contributed by atoms with Gasteiger partial charge in [0.25, 0.3) is 5.69 Å². The van der Waals surface area contributed by atoms with Gasteiger partial charge in [0.2, 0.25) is 0 Å². The third kappa shape index (κ3) is 2.85. The third-order valence-electron chi connectivity index (χ3n) is 3.99. The molecule has 0 radical (unpaired) electrons. The zero-order chi connectivity index (χ0) is 14.6. The Bertz CT molecular complexity index is 559. The van der Waals surface area contributed by atoms with Crippen LogP contribution in [0.1, 0.15) is 37.7 Å². The molecule has 0 saturated heterocycles. The second-order valence-corrected chi connectivity index (χ2v) is 5.25. The number of carbonyl (C=O) groups excluding carboxylic acids is 1. The number of non-ortho nitro benzene ring substituents is 1. The van der Waals surface area contributed by atoms with E-state index >= 15 is 0 Å². The first-order valence-corrected chi connectivity index (χ1v) is 6.75. The number of nitriles is 1. The summed E-state index contributed by atoms with van der Waals surface area (Å²) in [6.45, 7) is 0. The number of benzene rings is 1. The smallest absolute Gasteiger partial charge is 0.269 e. The molecule has 20 heavy (non-hydrogen) atoms. The van der Waals surface area contributed by atoms with Crippen molar-refractivity contribution >= 4 is 11.5 Å². The molecule has 5 heteroatoms. The summed E-state index contributed by atoms with van der Waals surface area (Å²) >= 11 is 0. The van der Waals surface area contributed by atoms with Crippen molar-refractivity contribution in [2.75, 3.05) is 0 Å². The van der Waals surface area contributed by atoms with Gasteiger partial charge in [0.15, 0.2) is 5.78 Å². The lowest BCUT2D eigenvalue weighted by Gasteiger charge is -2.29. The van der Waals surface area contributed by atoms with Crippen LogP contribution in [0.5, 0.6) is 0 Å². The molecule has 1 aromatic rings. The number of ketones is 1. The van der Waals surface area contributed by atoms with Gasteiger partial charge in [-0.15, -0.1) is 0 Å². The summed E-state index contributed by atoms with van der Waals surface area (Å²) in [5.74, 6) is 0.0492. The number of rotatable bonds is 4. The molecule has 1 fully saturated rings. The molecular weight excluding hydrogens is 256 g/mol. The number of Topliss-reactive ketones (excluding diaryl/α,β-unsaturated/α-hetero) is 1. The molecular formula is C15H16N2O3. The highest BCUT2D eigenvalue weighted by atomic mass is 16.6. The van der Waals surface area contributed by atoms with Gasteiger partial charge < -0.3 is 0 Å². The SMILES string of the molecule is N#CC1(CCc2ccc([N+](=O)[O-])cc2)CCCCC1=O. The summed E-state index contributed by atoms with van der Waals surface area (Å²) in [6.07, 6.45) is 4.01. The largest absolute Gasteiger partial charge is 0.298 e. The fourth-order valence-electron chi connectivity index (χ4n) is 2.67. The highest BCUT2D eigenvalue weighted by Gasteiger charge is 2.39. The Morgan fingerprint density at radius 3 is 2.55 bits per heavy atom. The number of nitro groups is 1. The Hall–Kier alpha value is -2.22. The van der Waals surface area contributed by atoms with Gasteiger partial charge in [-0.25, -0.2) is 0 Å². The van der Waals surface area contributed by atoms with E-state index in [0.717, 1.165) is 18.4 Å². The molecule has 1 aliphatic carbocycles. The van der Waals surface area contributed by atoms with Crippen LogP contribution in [0.2, 0.25) is 0 Å². The first-order chi connectivity index (χ1) is 9.57. The van der Waals surface area contributed by atoms with E-state index in [-0.39, 0.29) is 11.5 Å². The Morgan fingerprint density at radius 1 is 1.30 bits per heavy atom. The van der Waals surface area contributed by atoms with E-state index in [0.29, 0.717) is 25.7 Å². The van der Waals surface area contributed by atoms with Crippen LogP contribution in [0.4, 0.5) is 5.69 Å². The summed E-state index contributed by atoms with van der Waals surface area (Å²) in [4.78, 5) is 22.1. The maximum Gasteiger partial charge on any atom is 0.269 e. The first-order valence-electron chi connectivity index (χ1n) is 6.75. The summed E-state index contributed by atoms with van der Waals surface area (Å²) in [5, 5.41) is 19.9. The predicted molar refractivity (Wildman–Crippen MR) is 72.9 cm³/mol. The third-order valence-corrected chi connectivity index (χ3v) is 3.99. The number of hydrogen-bond acceptors (Lipinski definition) is 4. The molecule has 0 aromatic heterocycles. The molecule has 0 bridgehead atoms. The summed E-state index contributed by atoms with van der Waals surface area (Å²) < 4.78 is 0. The molecule has 5 nitrogen and oxygen atoms in total. The minimum atomic E-state index is -0.847. The van der Waals surface area contributed by atoms with Crippen molar-refractivity contribution in [1.29, 1.82) is 5.26 Å². The monoisotopic (exact) mass is 272 g/mol. The van der Waals surface area contributed by atoms with E-state index < -0.39 is 10.3 Å². The lowest BCUT2D eigenvalue weighted by molar-refractivity contribution is -0.384. The van der Waals surface area contributed by atoms with Crippen LogP contribution in [0, 0.1) is 26.9 Å². The molecule has 1 saturated carbocycles. The second kappa shape index (κ2) is 5.83. The maximum absolute atomic E-state index is 12.0. The van der Waals surface area contributed by atoms with Gasteiger partial charge in [0, 0.05) is 18.6 Å². The minimum Gasteiger partial charge on any atom is -0.298 e. The van der Waals surface area contributed by atoms with E-state index in [1.54, 1.807) is 12.1 Å². The Balaban J connectivity index is 2.05. The molecule has 0 heterocycles. The van der Waals surface area contributed by atoms with Gasteiger partial charge in [-0.1, -0.05) is 18.6 Å². The van der Waals surface area contributed by atoms with E-state index in [4.69, 9.17) is 0 Å². The summed E-state index contributed by atoms with van der Waals surface area (Å²) in [7, 11) is 0. The molecule has 0 aliphatic heterocycles. The summed E-state index contributed by atoms with van der Waals surface area (Å²) in [6, 6.07) is 8.50. The van der Waals surface area contributed by atoms with Gasteiger partial charge >= 0.3 is 0 Å². The molecule has 1 aliphatic rings. The Morgan fingerprint density at radius 2 is 2.00 bits per heavy atom. The maximum atomic E-state index is 12.0. The topological polar surface area (TPSA) is 84.0 Å². The normalized spacial score (nSPS) is 22.2. The van der Waals surface area contributed by atoms with Crippen molar-refractivity contribution in [1.82, 2.24) is 0 Å². The quantitative estimate of drug-likeness (QED) is 0.622. The Labute approximate surface area is 117 Å². The molecule has 1 unspecified atom stereocenters. The number of carbonyl (C=O) groups is 1. The fraction of sp³-hybridized carbons (Fsp3) is 0.467. The number of aryl methyl sites for hydroxylation is 1. The lowest BCUT2D eigenvalue weighted by atomic mass is 9.71. The van der Waals surface area contributed by atoms with Crippen LogP contribution in [0.15, 0.2) is 24.3 Å². The van der Waals surface area contributed by atoms with Crippen molar-refractivity contribution in [3.8, 4) is 6.07 Å². The zero-order valence-corrected chi connectivity index (χ0v) is 11.2. The van der Waals surface area contributed by atoms with Crippen molar-refractivity contribution < 1.29 is 9.72 Å². The molecule has 1 aromatic carbocycles. The second-order valence-electron chi connectivity index (χ2n) is 5.25. The average molecular weight is 272 g/mol. The van der Waals surface area contributed by atoms with E-state index in [1.807, 2.05) is 0 Å². The zero-order valence-electron chi connectivity index (χ0n) is 11.2. The van der Waals surface area contributed by atoms with Crippen LogP contribution in [-0.2, 0) is 11.2 Å². The van der Waals surface area contributed by atoms with E-state index in [2.05, 4.69) is 6.07 Å². The molecule has 0 N–H and O–H groups in total. The van der Waals surface area contributed by atoms with Crippen molar-refractivity contribution in [3.05, 3.63) is 39.9 Å². The van der Waals surface area contributed by atoms with E-state index in [1.165, 1.54) is 12.1 Å². The molecule has 104 valence electrons. The van der Waals surface area contributed by atoms with Gasteiger partial charge in [-0.05, 0) is 31.2 Å².